The molecule has 0 saturated carbocycles. The highest BCUT2D eigenvalue weighted by Crippen LogP contribution is 2.33. The first kappa shape index (κ1) is 10.6. The fraction of sp³-hybridized carbons (Fsp3) is 0.0769. The molecule has 0 amide bonds. The molecule has 5 nitrogen and oxygen atoms in total. The van der Waals surface area contributed by atoms with Gasteiger partial charge in [0.15, 0.2) is 5.58 Å². The van der Waals surface area contributed by atoms with E-state index < -0.39 is 5.97 Å². The van der Waals surface area contributed by atoms with Crippen molar-refractivity contribution in [3.8, 4) is 0 Å². The minimum atomic E-state index is -1.03. The third-order valence-electron chi connectivity index (χ3n) is 2.87. The summed E-state index contributed by atoms with van der Waals surface area (Å²) in [5, 5.41) is 12.9. The number of carbonyl (C=O) groups is 1. The van der Waals surface area contributed by atoms with Gasteiger partial charge < -0.3 is 14.8 Å². The van der Waals surface area contributed by atoms with Crippen LogP contribution in [0, 0.1) is 0 Å². The van der Waals surface area contributed by atoms with Crippen LogP contribution in [0.2, 0.25) is 0 Å². The number of furan rings is 1. The van der Waals surface area contributed by atoms with Gasteiger partial charge in [0.1, 0.15) is 16.7 Å². The number of pyridine rings is 1. The number of nitrogens with one attached hydrogen (secondary N) is 1. The third-order valence-corrected chi connectivity index (χ3v) is 2.87. The molecule has 2 heterocycles. The van der Waals surface area contributed by atoms with E-state index in [2.05, 4.69) is 10.3 Å². The normalized spacial score (nSPS) is 10.9. The highest BCUT2D eigenvalue weighted by molar-refractivity contribution is 6.10. The van der Waals surface area contributed by atoms with E-state index in [1.807, 2.05) is 24.3 Å². The van der Waals surface area contributed by atoms with Crippen molar-refractivity contribution in [3.05, 3.63) is 36.0 Å². The molecule has 3 rings (SSSR count). The van der Waals surface area contributed by atoms with Gasteiger partial charge >= 0.3 is 5.97 Å². The number of fused-ring (bicyclic) bond motifs is 3. The molecule has 0 radical (unpaired) electrons. The maximum Gasteiger partial charge on any atom is 0.339 e. The molecule has 1 aromatic carbocycles. The van der Waals surface area contributed by atoms with Crippen LogP contribution < -0.4 is 5.32 Å². The molecule has 0 bridgehead atoms. The molecule has 2 aromatic heterocycles. The van der Waals surface area contributed by atoms with Crippen molar-refractivity contribution < 1.29 is 14.3 Å². The van der Waals surface area contributed by atoms with Crippen molar-refractivity contribution in [2.45, 2.75) is 0 Å². The molecule has 90 valence electrons. The van der Waals surface area contributed by atoms with Gasteiger partial charge in [0.25, 0.3) is 0 Å². The molecule has 0 saturated heterocycles. The molecular formula is C13H10N2O3. The average molecular weight is 242 g/mol. The van der Waals surface area contributed by atoms with Crippen LogP contribution in [0.4, 0.5) is 5.69 Å². The topological polar surface area (TPSA) is 75.4 Å². The maximum atomic E-state index is 11.1. The lowest BCUT2D eigenvalue weighted by Crippen LogP contribution is -2.03. The Morgan fingerprint density at radius 3 is 2.89 bits per heavy atom. The summed E-state index contributed by atoms with van der Waals surface area (Å²) in [6.45, 7) is 0. The van der Waals surface area contributed by atoms with E-state index in [1.54, 1.807) is 7.05 Å². The van der Waals surface area contributed by atoms with Gasteiger partial charge in [-0.3, -0.25) is 4.98 Å². The minimum Gasteiger partial charge on any atom is -0.478 e. The lowest BCUT2D eigenvalue weighted by atomic mass is 10.2. The van der Waals surface area contributed by atoms with Crippen molar-refractivity contribution in [2.75, 3.05) is 12.4 Å². The first-order valence-electron chi connectivity index (χ1n) is 5.43. The Labute approximate surface area is 102 Å². The lowest BCUT2D eigenvalue weighted by molar-refractivity contribution is 0.0697. The van der Waals surface area contributed by atoms with Gasteiger partial charge in [-0.1, -0.05) is 12.1 Å². The Morgan fingerprint density at radius 1 is 1.39 bits per heavy atom. The largest absolute Gasteiger partial charge is 0.478 e. The van der Waals surface area contributed by atoms with Gasteiger partial charge in [0, 0.05) is 18.6 Å². The number of aromatic nitrogens is 1. The summed E-state index contributed by atoms with van der Waals surface area (Å²) in [6.07, 6.45) is 1.35. The van der Waals surface area contributed by atoms with Crippen LogP contribution >= 0.6 is 0 Å². The van der Waals surface area contributed by atoms with Gasteiger partial charge in [-0.15, -0.1) is 0 Å². The first-order chi connectivity index (χ1) is 8.72. The third kappa shape index (κ3) is 1.34. The number of anilines is 1. The van der Waals surface area contributed by atoms with Crippen molar-refractivity contribution in [3.63, 3.8) is 0 Å². The molecule has 0 spiro atoms. The summed E-state index contributed by atoms with van der Waals surface area (Å²) in [4.78, 5) is 15.3. The smallest absolute Gasteiger partial charge is 0.339 e. The molecule has 18 heavy (non-hydrogen) atoms. The summed E-state index contributed by atoms with van der Waals surface area (Å²) in [5.74, 6) is -1.03. The predicted octanol–water partition coefficient (Wildman–Crippen LogP) is 2.72. The van der Waals surface area contributed by atoms with E-state index >= 15 is 0 Å². The molecule has 0 atom stereocenters. The van der Waals surface area contributed by atoms with E-state index in [9.17, 15) is 4.79 Å². The summed E-state index contributed by atoms with van der Waals surface area (Å²) >= 11 is 0. The Morgan fingerprint density at radius 2 is 2.17 bits per heavy atom. The van der Waals surface area contributed by atoms with Gasteiger partial charge in [0.05, 0.1) is 5.69 Å². The highest BCUT2D eigenvalue weighted by atomic mass is 16.4. The Bertz CT molecular complexity index is 761. The van der Waals surface area contributed by atoms with Crippen molar-refractivity contribution in [2.24, 2.45) is 0 Å². The number of hydrogen-bond acceptors (Lipinski definition) is 4. The van der Waals surface area contributed by atoms with E-state index in [1.165, 1.54) is 6.20 Å². The minimum absolute atomic E-state index is 0.101. The Balaban J connectivity index is 2.48. The van der Waals surface area contributed by atoms with Crippen molar-refractivity contribution in [1.29, 1.82) is 0 Å². The molecule has 0 unspecified atom stereocenters. The number of aromatic carboxylic acids is 1. The second kappa shape index (κ2) is 3.73. The number of carboxylic acid groups (broad SMARTS) is 1. The number of nitrogens with zero attached hydrogens (tertiary/aromatic N) is 1. The fourth-order valence-electron chi connectivity index (χ4n) is 2.06. The lowest BCUT2D eigenvalue weighted by Gasteiger charge is -2.04. The SMILES string of the molecule is CNc1c(C(=O)O)cnc2c1oc1ccccc12. The molecule has 0 aliphatic heterocycles. The molecule has 3 aromatic rings. The molecule has 0 fully saturated rings. The second-order valence-electron chi connectivity index (χ2n) is 3.88. The standard InChI is InChI=1S/C13H10N2O3/c1-14-10-8(13(16)17)6-15-11-7-4-2-3-5-9(7)18-12(10)11/h2-6H,1H3,(H,14,15)(H,16,17). The zero-order valence-electron chi connectivity index (χ0n) is 9.60. The van der Waals surface area contributed by atoms with Gasteiger partial charge in [-0.2, -0.15) is 0 Å². The molecule has 2 N–H and O–H groups in total. The van der Waals surface area contributed by atoms with Crippen LogP contribution in [-0.2, 0) is 0 Å². The van der Waals surface area contributed by atoms with Crippen LogP contribution in [0.3, 0.4) is 0 Å². The number of carboxylic acids is 1. The molecular weight excluding hydrogens is 232 g/mol. The fourth-order valence-corrected chi connectivity index (χ4v) is 2.06. The monoisotopic (exact) mass is 242 g/mol. The highest BCUT2D eigenvalue weighted by Gasteiger charge is 2.18. The van der Waals surface area contributed by atoms with Crippen LogP contribution in [0.15, 0.2) is 34.9 Å². The summed E-state index contributed by atoms with van der Waals surface area (Å²) in [6, 6.07) is 7.48. The van der Waals surface area contributed by atoms with Crippen LogP contribution in [0.25, 0.3) is 22.1 Å². The molecule has 5 heteroatoms. The van der Waals surface area contributed by atoms with E-state index in [4.69, 9.17) is 9.52 Å². The number of para-hydroxylation sites is 1. The molecule has 0 aliphatic carbocycles. The first-order valence-corrected chi connectivity index (χ1v) is 5.43. The zero-order valence-corrected chi connectivity index (χ0v) is 9.60. The molecule has 0 aliphatic rings. The maximum absolute atomic E-state index is 11.1. The van der Waals surface area contributed by atoms with Gasteiger partial charge in [0.2, 0.25) is 0 Å². The predicted molar refractivity (Wildman–Crippen MR) is 68.0 cm³/mol. The van der Waals surface area contributed by atoms with Crippen molar-refractivity contribution in [1.82, 2.24) is 4.98 Å². The van der Waals surface area contributed by atoms with E-state index in [0.29, 0.717) is 22.4 Å². The van der Waals surface area contributed by atoms with Crippen molar-refractivity contribution >= 4 is 33.7 Å². The zero-order chi connectivity index (χ0) is 12.7. The van der Waals surface area contributed by atoms with Crippen LogP contribution in [0.5, 0.6) is 0 Å². The summed E-state index contributed by atoms with van der Waals surface area (Å²) in [5.41, 5.74) is 2.38. The average Bonchev–Trinajstić information content (AvgIpc) is 2.75. The van der Waals surface area contributed by atoms with Crippen LogP contribution in [0.1, 0.15) is 10.4 Å². The summed E-state index contributed by atoms with van der Waals surface area (Å²) in [7, 11) is 1.66. The quantitative estimate of drug-likeness (QED) is 0.722. The van der Waals surface area contributed by atoms with Gasteiger partial charge in [-0.25, -0.2) is 4.79 Å². The number of benzene rings is 1. The van der Waals surface area contributed by atoms with E-state index in [0.717, 1.165) is 5.39 Å². The second-order valence-corrected chi connectivity index (χ2v) is 3.88. The van der Waals surface area contributed by atoms with E-state index in [-0.39, 0.29) is 5.56 Å². The Kier molecular flexibility index (Phi) is 2.19. The number of hydrogen-bond donors (Lipinski definition) is 2. The Hall–Kier alpha value is -2.56. The van der Waals surface area contributed by atoms with Crippen LogP contribution in [-0.4, -0.2) is 23.1 Å². The summed E-state index contributed by atoms with van der Waals surface area (Å²) < 4.78 is 5.68. The van der Waals surface area contributed by atoms with Gasteiger partial charge in [-0.05, 0) is 12.1 Å². The number of rotatable bonds is 2.